The van der Waals surface area contributed by atoms with Crippen LogP contribution in [-0.2, 0) is 10.0 Å². The van der Waals surface area contributed by atoms with Crippen LogP contribution in [0.15, 0.2) is 23.1 Å². The molecule has 0 bridgehead atoms. The second-order valence-electron chi connectivity index (χ2n) is 5.36. The minimum Gasteiger partial charge on any atom is -0.497 e. The summed E-state index contributed by atoms with van der Waals surface area (Å²) < 4.78 is 31.5. The highest BCUT2D eigenvalue weighted by Crippen LogP contribution is 2.33. The molecule has 1 aromatic carbocycles. The van der Waals surface area contributed by atoms with Crippen molar-refractivity contribution >= 4 is 15.7 Å². The highest BCUT2D eigenvalue weighted by Gasteiger charge is 2.37. The highest BCUT2D eigenvalue weighted by atomic mass is 32.2. The zero-order chi connectivity index (χ0) is 16.5. The van der Waals surface area contributed by atoms with Crippen LogP contribution in [-0.4, -0.2) is 43.9 Å². The highest BCUT2D eigenvalue weighted by molar-refractivity contribution is 7.89. The molecule has 0 spiro atoms. The molecule has 22 heavy (non-hydrogen) atoms. The van der Waals surface area contributed by atoms with Crippen molar-refractivity contribution in [3.8, 4) is 5.75 Å². The van der Waals surface area contributed by atoms with Gasteiger partial charge in [-0.15, -0.1) is 0 Å². The van der Waals surface area contributed by atoms with E-state index in [4.69, 9.17) is 10.5 Å². The van der Waals surface area contributed by atoms with Crippen molar-refractivity contribution in [2.24, 2.45) is 11.7 Å². The fourth-order valence-corrected chi connectivity index (χ4v) is 4.17. The molecule has 1 aromatic rings. The van der Waals surface area contributed by atoms with E-state index in [0.717, 1.165) is 6.07 Å². The Morgan fingerprint density at radius 2 is 2.18 bits per heavy atom. The molecule has 1 fully saturated rings. The Labute approximate surface area is 129 Å². The van der Waals surface area contributed by atoms with E-state index in [2.05, 4.69) is 0 Å². The van der Waals surface area contributed by atoms with Gasteiger partial charge in [-0.1, -0.05) is 0 Å². The zero-order valence-corrected chi connectivity index (χ0v) is 13.2. The molecule has 2 unspecified atom stereocenters. The van der Waals surface area contributed by atoms with E-state index in [1.54, 1.807) is 0 Å². The van der Waals surface area contributed by atoms with Crippen LogP contribution in [0.1, 0.15) is 13.3 Å². The maximum atomic E-state index is 12.7. The standard InChI is InChI=1S/C13H19N3O5S/c1-9(14)10-5-6-15(8-10)22(19,20)13-4-3-11(21-2)7-12(13)16(17)18/h3-4,7,9-10H,5-6,8,14H2,1-2H3. The van der Waals surface area contributed by atoms with Crippen molar-refractivity contribution in [2.45, 2.75) is 24.3 Å². The van der Waals surface area contributed by atoms with Crippen molar-refractivity contribution in [3.05, 3.63) is 28.3 Å². The van der Waals surface area contributed by atoms with E-state index in [1.807, 2.05) is 6.92 Å². The Balaban J connectivity index is 2.40. The van der Waals surface area contributed by atoms with Gasteiger partial charge in [0, 0.05) is 19.1 Å². The Hall–Kier alpha value is -1.71. The van der Waals surface area contributed by atoms with Crippen LogP contribution in [0.4, 0.5) is 5.69 Å². The molecule has 1 saturated heterocycles. The van der Waals surface area contributed by atoms with Gasteiger partial charge in [0.2, 0.25) is 10.0 Å². The molecule has 0 aliphatic carbocycles. The molecule has 0 radical (unpaired) electrons. The molecular weight excluding hydrogens is 310 g/mol. The molecule has 1 heterocycles. The average molecular weight is 329 g/mol. The van der Waals surface area contributed by atoms with Crippen LogP contribution < -0.4 is 10.5 Å². The molecular formula is C13H19N3O5S. The largest absolute Gasteiger partial charge is 0.497 e. The van der Waals surface area contributed by atoms with Crippen LogP contribution in [0.25, 0.3) is 0 Å². The number of nitrogens with zero attached hydrogens (tertiary/aromatic N) is 2. The van der Waals surface area contributed by atoms with E-state index < -0.39 is 20.6 Å². The number of hydrogen-bond acceptors (Lipinski definition) is 6. The van der Waals surface area contributed by atoms with Crippen LogP contribution in [0.5, 0.6) is 5.75 Å². The number of rotatable bonds is 5. The first-order chi connectivity index (χ1) is 10.3. The van der Waals surface area contributed by atoms with Crippen LogP contribution in [0.3, 0.4) is 0 Å². The molecule has 1 aliphatic heterocycles. The predicted molar refractivity (Wildman–Crippen MR) is 80.2 cm³/mol. The summed E-state index contributed by atoms with van der Waals surface area (Å²) in [5.41, 5.74) is 5.33. The molecule has 2 N–H and O–H groups in total. The van der Waals surface area contributed by atoms with E-state index in [1.165, 1.54) is 23.5 Å². The van der Waals surface area contributed by atoms with Gasteiger partial charge in [0.1, 0.15) is 5.75 Å². The number of nitro groups is 1. The van der Waals surface area contributed by atoms with Crippen LogP contribution in [0, 0.1) is 16.0 Å². The summed E-state index contributed by atoms with van der Waals surface area (Å²) in [6, 6.07) is 3.61. The number of nitrogens with two attached hydrogens (primary N) is 1. The van der Waals surface area contributed by atoms with Gasteiger partial charge in [0.05, 0.1) is 18.1 Å². The van der Waals surface area contributed by atoms with Gasteiger partial charge in [0.15, 0.2) is 4.90 Å². The van der Waals surface area contributed by atoms with E-state index in [0.29, 0.717) is 13.0 Å². The van der Waals surface area contributed by atoms with Gasteiger partial charge in [-0.3, -0.25) is 10.1 Å². The number of sulfonamides is 1. The summed E-state index contributed by atoms with van der Waals surface area (Å²) in [5, 5.41) is 11.2. The third kappa shape index (κ3) is 3.06. The lowest BCUT2D eigenvalue weighted by molar-refractivity contribution is -0.387. The lowest BCUT2D eigenvalue weighted by atomic mass is 10.0. The lowest BCUT2D eigenvalue weighted by Gasteiger charge is -2.18. The lowest BCUT2D eigenvalue weighted by Crippen LogP contribution is -2.33. The maximum absolute atomic E-state index is 12.7. The SMILES string of the molecule is COc1ccc(S(=O)(=O)N2CCC(C(C)N)C2)c([N+](=O)[O-])c1. The first-order valence-corrected chi connectivity index (χ1v) is 8.29. The topological polar surface area (TPSA) is 116 Å². The van der Waals surface area contributed by atoms with Gasteiger partial charge in [-0.25, -0.2) is 8.42 Å². The monoisotopic (exact) mass is 329 g/mol. The molecule has 2 atom stereocenters. The Morgan fingerprint density at radius 1 is 1.50 bits per heavy atom. The van der Waals surface area contributed by atoms with Crippen molar-refractivity contribution in [1.29, 1.82) is 0 Å². The molecule has 1 aliphatic rings. The summed E-state index contributed by atoms with van der Waals surface area (Å²) in [6.07, 6.45) is 0.654. The number of ether oxygens (including phenoxy) is 1. The quantitative estimate of drug-likeness (QED) is 0.635. The summed E-state index contributed by atoms with van der Waals surface area (Å²) in [6.45, 7) is 2.43. The molecule has 2 rings (SSSR count). The Morgan fingerprint density at radius 3 is 2.68 bits per heavy atom. The van der Waals surface area contributed by atoms with Gasteiger partial charge in [-0.2, -0.15) is 4.31 Å². The van der Waals surface area contributed by atoms with Gasteiger partial charge >= 0.3 is 0 Å². The van der Waals surface area contributed by atoms with Crippen LogP contribution in [0.2, 0.25) is 0 Å². The molecule has 0 aromatic heterocycles. The second-order valence-corrected chi connectivity index (χ2v) is 7.27. The number of benzene rings is 1. The summed E-state index contributed by atoms with van der Waals surface area (Å²) in [4.78, 5) is 10.1. The first kappa shape index (κ1) is 16.7. The molecule has 0 saturated carbocycles. The van der Waals surface area contributed by atoms with Crippen molar-refractivity contribution in [1.82, 2.24) is 4.31 Å². The minimum absolute atomic E-state index is 0.0621. The normalized spacial score (nSPS) is 20.8. The number of methoxy groups -OCH3 is 1. The number of nitro benzene ring substituents is 1. The van der Waals surface area contributed by atoms with E-state index >= 15 is 0 Å². The summed E-state index contributed by atoms with van der Waals surface area (Å²) >= 11 is 0. The Kier molecular flexibility index (Phi) is 4.69. The van der Waals surface area contributed by atoms with Crippen LogP contribution >= 0.6 is 0 Å². The average Bonchev–Trinajstić information content (AvgIpc) is 2.97. The number of hydrogen-bond donors (Lipinski definition) is 1. The van der Waals surface area contributed by atoms with E-state index in [9.17, 15) is 18.5 Å². The third-order valence-electron chi connectivity index (χ3n) is 3.91. The van der Waals surface area contributed by atoms with Gasteiger partial charge < -0.3 is 10.5 Å². The third-order valence-corrected chi connectivity index (χ3v) is 5.82. The minimum atomic E-state index is -3.93. The Bertz CT molecular complexity index is 674. The molecule has 122 valence electrons. The smallest absolute Gasteiger partial charge is 0.293 e. The van der Waals surface area contributed by atoms with Gasteiger partial charge in [-0.05, 0) is 31.4 Å². The van der Waals surface area contributed by atoms with E-state index in [-0.39, 0.29) is 29.1 Å². The fourth-order valence-electron chi connectivity index (χ4n) is 2.53. The summed E-state index contributed by atoms with van der Waals surface area (Å²) in [7, 11) is -2.56. The van der Waals surface area contributed by atoms with Crippen molar-refractivity contribution in [2.75, 3.05) is 20.2 Å². The van der Waals surface area contributed by atoms with Crippen molar-refractivity contribution in [3.63, 3.8) is 0 Å². The first-order valence-electron chi connectivity index (χ1n) is 6.85. The molecule has 8 nitrogen and oxygen atoms in total. The maximum Gasteiger partial charge on any atom is 0.293 e. The predicted octanol–water partition coefficient (Wildman–Crippen LogP) is 0.961. The molecule has 9 heteroatoms. The zero-order valence-electron chi connectivity index (χ0n) is 12.4. The van der Waals surface area contributed by atoms with Crippen molar-refractivity contribution < 1.29 is 18.1 Å². The molecule has 0 amide bonds. The fraction of sp³-hybridized carbons (Fsp3) is 0.538. The van der Waals surface area contributed by atoms with Gasteiger partial charge in [0.25, 0.3) is 5.69 Å². The second kappa shape index (κ2) is 6.19. The summed E-state index contributed by atoms with van der Waals surface area (Å²) in [5.74, 6) is 0.299.